The minimum absolute atomic E-state index is 0.0680. The van der Waals surface area contributed by atoms with Crippen LogP contribution in [0.1, 0.15) is 12.0 Å². The van der Waals surface area contributed by atoms with Gasteiger partial charge in [-0.1, -0.05) is 47.5 Å². The van der Waals surface area contributed by atoms with Gasteiger partial charge in [0, 0.05) is 44.7 Å². The van der Waals surface area contributed by atoms with Crippen LogP contribution < -0.4 is 5.32 Å². The van der Waals surface area contributed by atoms with E-state index in [9.17, 15) is 9.59 Å². The van der Waals surface area contributed by atoms with E-state index >= 15 is 0 Å². The predicted octanol–water partition coefficient (Wildman–Crippen LogP) is 3.74. The van der Waals surface area contributed by atoms with Gasteiger partial charge in [-0.25, -0.2) is 0 Å². The summed E-state index contributed by atoms with van der Waals surface area (Å²) in [7, 11) is 0. The van der Waals surface area contributed by atoms with E-state index in [0.717, 1.165) is 17.0 Å². The van der Waals surface area contributed by atoms with E-state index < -0.39 is 0 Å². The molecule has 1 aromatic heterocycles. The number of carbonyl (C=O) groups is 2. The van der Waals surface area contributed by atoms with Crippen molar-refractivity contribution >= 4 is 41.3 Å². The summed E-state index contributed by atoms with van der Waals surface area (Å²) in [5.41, 5.74) is 2.70. The molecule has 10 heteroatoms. The van der Waals surface area contributed by atoms with E-state index in [4.69, 9.17) is 23.8 Å². The van der Waals surface area contributed by atoms with Crippen molar-refractivity contribution in [1.82, 2.24) is 24.6 Å². The first-order valence-electron chi connectivity index (χ1n) is 11.2. The van der Waals surface area contributed by atoms with Crippen LogP contribution in [0.25, 0.3) is 11.4 Å². The molecule has 178 valence electrons. The van der Waals surface area contributed by atoms with Crippen LogP contribution in [0.4, 0.5) is 5.69 Å². The summed E-state index contributed by atoms with van der Waals surface area (Å²) in [5.74, 6) is 0.681. The van der Waals surface area contributed by atoms with E-state index in [0.29, 0.717) is 54.6 Å². The Balaban J connectivity index is 1.27. The summed E-state index contributed by atoms with van der Waals surface area (Å²) >= 11 is 11.5. The number of hydrogen-bond acceptors (Lipinski definition) is 5. The number of amides is 2. The van der Waals surface area contributed by atoms with Gasteiger partial charge in [-0.15, -0.1) is 0 Å². The molecule has 0 bridgehead atoms. The molecule has 1 aliphatic heterocycles. The molecule has 3 aromatic rings. The van der Waals surface area contributed by atoms with Crippen LogP contribution >= 0.6 is 23.8 Å². The number of H-pyrrole nitrogens is 1. The monoisotopic (exact) mass is 498 g/mol. The van der Waals surface area contributed by atoms with Crippen molar-refractivity contribution in [3.63, 3.8) is 0 Å². The molecule has 2 aromatic carbocycles. The molecular formula is C24H27ClN6O2S. The fraction of sp³-hybridized carbons (Fsp3) is 0.333. The normalized spacial score (nSPS) is 14.2. The lowest BCUT2D eigenvalue weighted by molar-refractivity contribution is -0.133. The van der Waals surface area contributed by atoms with Crippen LogP contribution in [-0.2, 0) is 16.1 Å². The number of hydrogen-bond donors (Lipinski definition) is 2. The van der Waals surface area contributed by atoms with Gasteiger partial charge in [-0.2, -0.15) is 5.10 Å². The van der Waals surface area contributed by atoms with Gasteiger partial charge < -0.3 is 10.2 Å². The van der Waals surface area contributed by atoms with Crippen LogP contribution in [0.2, 0.25) is 5.02 Å². The van der Waals surface area contributed by atoms with Crippen molar-refractivity contribution in [3.8, 4) is 11.4 Å². The van der Waals surface area contributed by atoms with E-state index in [2.05, 4.69) is 15.5 Å². The van der Waals surface area contributed by atoms with Gasteiger partial charge in [0.15, 0.2) is 10.6 Å². The molecule has 0 aliphatic carbocycles. The predicted molar refractivity (Wildman–Crippen MR) is 135 cm³/mol. The van der Waals surface area contributed by atoms with Gasteiger partial charge in [0.1, 0.15) is 0 Å². The molecule has 0 saturated carbocycles. The first-order valence-corrected chi connectivity index (χ1v) is 12.0. The molecule has 2 amide bonds. The first kappa shape index (κ1) is 24.1. The van der Waals surface area contributed by atoms with Crippen LogP contribution in [-0.4, -0.2) is 69.1 Å². The van der Waals surface area contributed by atoms with Gasteiger partial charge in [0.05, 0.1) is 17.3 Å². The summed E-state index contributed by atoms with van der Waals surface area (Å²) < 4.78 is 2.37. The Morgan fingerprint density at radius 2 is 1.88 bits per heavy atom. The summed E-state index contributed by atoms with van der Waals surface area (Å²) in [6.45, 7) is 5.19. The largest absolute Gasteiger partial charge is 0.340 e. The number of anilines is 1. The second-order valence-electron chi connectivity index (χ2n) is 8.31. The lowest BCUT2D eigenvalue weighted by Crippen LogP contribution is -2.50. The summed E-state index contributed by atoms with van der Waals surface area (Å²) in [5, 5.41) is 10.5. The third kappa shape index (κ3) is 5.91. The molecule has 8 nitrogen and oxygen atoms in total. The maximum atomic E-state index is 12.8. The molecule has 4 rings (SSSR count). The zero-order valence-corrected chi connectivity index (χ0v) is 20.5. The Labute approximate surface area is 208 Å². The quantitative estimate of drug-likeness (QED) is 0.485. The number of piperazine rings is 1. The topological polar surface area (TPSA) is 86.3 Å². The molecule has 1 saturated heterocycles. The number of rotatable bonds is 7. The molecular weight excluding hydrogens is 472 g/mol. The highest BCUT2D eigenvalue weighted by Crippen LogP contribution is 2.21. The van der Waals surface area contributed by atoms with Gasteiger partial charge in [-0.3, -0.25) is 24.2 Å². The number of nitrogens with zero attached hydrogens (tertiary/aromatic N) is 4. The highest BCUT2D eigenvalue weighted by atomic mass is 35.5. The molecule has 0 radical (unpaired) electrons. The second-order valence-corrected chi connectivity index (χ2v) is 9.10. The number of nitrogens with one attached hydrogen (secondary N) is 2. The zero-order valence-electron chi connectivity index (χ0n) is 19.0. The Morgan fingerprint density at radius 1 is 1.12 bits per heavy atom. The van der Waals surface area contributed by atoms with Crippen molar-refractivity contribution < 1.29 is 9.59 Å². The maximum absolute atomic E-state index is 12.8. The highest BCUT2D eigenvalue weighted by molar-refractivity contribution is 7.71. The van der Waals surface area contributed by atoms with E-state index in [1.807, 2.05) is 57.7 Å². The maximum Gasteiger partial charge on any atom is 0.238 e. The minimum Gasteiger partial charge on any atom is -0.340 e. The van der Waals surface area contributed by atoms with Crippen molar-refractivity contribution in [2.45, 2.75) is 19.9 Å². The lowest BCUT2D eigenvalue weighted by Gasteiger charge is -2.34. The average Bonchev–Trinajstić information content (AvgIpc) is 3.19. The van der Waals surface area contributed by atoms with Crippen LogP contribution in [0, 0.1) is 11.7 Å². The standard InChI is InChI=1S/C24H27ClN6O2S/c1-17-5-4-6-18(15-17)23-27-28-24(34)31(23)10-9-22(33)30-13-11-29(12-14-30)16-21(32)26-20-8-3-2-7-19(20)25/h2-8,15H,9-14,16H2,1H3,(H,26,32)(H,28,34). The van der Waals surface area contributed by atoms with E-state index in [1.165, 1.54) is 0 Å². The SMILES string of the molecule is Cc1cccc(-c2n[nH]c(=S)n2CCC(=O)N2CCN(CC(=O)Nc3ccccc3Cl)CC2)c1. The van der Waals surface area contributed by atoms with Crippen LogP contribution in [0.15, 0.2) is 48.5 Å². The first-order chi connectivity index (χ1) is 16.4. The fourth-order valence-corrected chi connectivity index (χ4v) is 4.41. The van der Waals surface area contributed by atoms with Crippen molar-refractivity contribution in [2.75, 3.05) is 38.0 Å². The minimum atomic E-state index is -0.120. The third-order valence-electron chi connectivity index (χ3n) is 5.82. The lowest BCUT2D eigenvalue weighted by atomic mass is 10.1. The van der Waals surface area contributed by atoms with Gasteiger partial charge >= 0.3 is 0 Å². The number of benzene rings is 2. The van der Waals surface area contributed by atoms with E-state index in [1.54, 1.807) is 12.1 Å². The number of carbonyl (C=O) groups excluding carboxylic acids is 2. The number of aromatic nitrogens is 3. The molecule has 0 spiro atoms. The van der Waals surface area contributed by atoms with Gasteiger partial charge in [0.2, 0.25) is 11.8 Å². The molecule has 34 heavy (non-hydrogen) atoms. The Hall–Kier alpha value is -3.01. The Bertz CT molecular complexity index is 1230. The molecule has 1 aliphatic rings. The summed E-state index contributed by atoms with van der Waals surface area (Å²) in [6.07, 6.45) is 0.333. The van der Waals surface area contributed by atoms with Crippen molar-refractivity contribution in [3.05, 3.63) is 63.9 Å². The van der Waals surface area contributed by atoms with Crippen molar-refractivity contribution in [1.29, 1.82) is 0 Å². The zero-order chi connectivity index (χ0) is 24.1. The highest BCUT2D eigenvalue weighted by Gasteiger charge is 2.23. The molecule has 0 atom stereocenters. The summed E-state index contributed by atoms with van der Waals surface area (Å²) in [6, 6.07) is 15.2. The fourth-order valence-electron chi connectivity index (χ4n) is 4.01. The molecule has 2 N–H and O–H groups in total. The Morgan fingerprint density at radius 3 is 2.62 bits per heavy atom. The van der Waals surface area contributed by atoms with Crippen LogP contribution in [0.5, 0.6) is 0 Å². The van der Waals surface area contributed by atoms with E-state index in [-0.39, 0.29) is 18.4 Å². The number of aryl methyl sites for hydroxylation is 1. The van der Waals surface area contributed by atoms with Crippen molar-refractivity contribution in [2.24, 2.45) is 0 Å². The smallest absolute Gasteiger partial charge is 0.238 e. The second kappa shape index (κ2) is 10.9. The number of para-hydroxylation sites is 1. The third-order valence-corrected chi connectivity index (χ3v) is 6.47. The summed E-state index contributed by atoms with van der Waals surface area (Å²) in [4.78, 5) is 29.1. The molecule has 1 fully saturated rings. The molecule has 0 unspecified atom stereocenters. The number of aromatic amines is 1. The van der Waals surface area contributed by atoms with Gasteiger partial charge in [-0.05, 0) is 37.3 Å². The molecule has 2 heterocycles. The van der Waals surface area contributed by atoms with Gasteiger partial charge in [0.25, 0.3) is 0 Å². The Kier molecular flexibility index (Phi) is 7.77. The van der Waals surface area contributed by atoms with Crippen LogP contribution in [0.3, 0.4) is 0 Å². The average molecular weight is 499 g/mol. The number of halogens is 1.